The highest BCUT2D eigenvalue weighted by Gasteiger charge is 2.22. The van der Waals surface area contributed by atoms with Crippen LogP contribution in [0.1, 0.15) is 48.5 Å². The van der Waals surface area contributed by atoms with Crippen LogP contribution in [0.15, 0.2) is 5.51 Å². The van der Waals surface area contributed by atoms with Gasteiger partial charge in [0.2, 0.25) is 0 Å². The third-order valence-corrected chi connectivity index (χ3v) is 3.50. The number of carboxylic acids is 1. The molecule has 0 radical (unpaired) electrons. The number of carboxylic acid groups (broad SMARTS) is 1. The number of thiazole rings is 1. The number of nitrogens with zero attached hydrogens (tertiary/aromatic N) is 1. The summed E-state index contributed by atoms with van der Waals surface area (Å²) < 4.78 is 0. The first-order chi connectivity index (χ1) is 8.60. The molecule has 0 saturated carbocycles. The maximum absolute atomic E-state index is 12.0. The summed E-state index contributed by atoms with van der Waals surface area (Å²) in [5.74, 6) is -1.32. The van der Waals surface area contributed by atoms with Crippen LogP contribution in [0.5, 0.6) is 0 Å². The Bertz CT molecular complexity index is 417. The van der Waals surface area contributed by atoms with Crippen LogP contribution in [0.2, 0.25) is 0 Å². The fraction of sp³-hybridized carbons (Fsp3) is 0.583. The van der Waals surface area contributed by atoms with Gasteiger partial charge in [0.1, 0.15) is 10.9 Å². The summed E-state index contributed by atoms with van der Waals surface area (Å²) in [4.78, 5) is 27.6. The van der Waals surface area contributed by atoms with E-state index in [0.29, 0.717) is 17.7 Å². The lowest BCUT2D eigenvalue weighted by Crippen LogP contribution is -2.40. The second-order valence-corrected chi connectivity index (χ2v) is 4.84. The fourth-order valence-electron chi connectivity index (χ4n) is 1.60. The van der Waals surface area contributed by atoms with Crippen molar-refractivity contribution in [2.75, 3.05) is 0 Å². The van der Waals surface area contributed by atoms with Crippen molar-refractivity contribution >= 4 is 23.2 Å². The van der Waals surface area contributed by atoms with Crippen LogP contribution >= 0.6 is 11.3 Å². The second-order valence-electron chi connectivity index (χ2n) is 3.99. The lowest BCUT2D eigenvalue weighted by molar-refractivity contribution is -0.139. The largest absolute Gasteiger partial charge is 0.480 e. The first-order valence-corrected chi connectivity index (χ1v) is 6.94. The average Bonchev–Trinajstić information content (AvgIpc) is 2.82. The molecule has 0 aliphatic carbocycles. The number of carbonyl (C=O) groups excluding carboxylic acids is 1. The smallest absolute Gasteiger partial charge is 0.326 e. The van der Waals surface area contributed by atoms with Crippen molar-refractivity contribution < 1.29 is 14.7 Å². The highest BCUT2D eigenvalue weighted by Crippen LogP contribution is 2.14. The number of nitrogens with one attached hydrogen (secondary N) is 1. The van der Waals surface area contributed by atoms with Crippen molar-refractivity contribution in [1.29, 1.82) is 0 Å². The molecule has 0 saturated heterocycles. The van der Waals surface area contributed by atoms with Crippen molar-refractivity contribution in [2.45, 2.75) is 45.6 Å². The van der Waals surface area contributed by atoms with Gasteiger partial charge >= 0.3 is 5.97 Å². The Hall–Kier alpha value is -1.43. The molecule has 1 aromatic heterocycles. The topological polar surface area (TPSA) is 79.3 Å². The number of rotatable bonds is 7. The van der Waals surface area contributed by atoms with Crippen LogP contribution in [0.4, 0.5) is 0 Å². The quantitative estimate of drug-likeness (QED) is 0.795. The number of amides is 1. The molecule has 0 aromatic carbocycles. The predicted molar refractivity (Wildman–Crippen MR) is 69.9 cm³/mol. The van der Waals surface area contributed by atoms with E-state index in [1.54, 1.807) is 5.51 Å². The molecule has 1 aromatic rings. The highest BCUT2D eigenvalue weighted by molar-refractivity contribution is 7.11. The van der Waals surface area contributed by atoms with Crippen LogP contribution in [-0.2, 0) is 11.2 Å². The molecule has 18 heavy (non-hydrogen) atoms. The Morgan fingerprint density at radius 1 is 1.50 bits per heavy atom. The van der Waals surface area contributed by atoms with Gasteiger partial charge in [0.05, 0.1) is 11.2 Å². The molecular weight excluding hydrogens is 252 g/mol. The van der Waals surface area contributed by atoms with Gasteiger partial charge in [0.15, 0.2) is 0 Å². The zero-order chi connectivity index (χ0) is 13.5. The van der Waals surface area contributed by atoms with Crippen LogP contribution < -0.4 is 5.32 Å². The van der Waals surface area contributed by atoms with E-state index < -0.39 is 12.0 Å². The van der Waals surface area contributed by atoms with Crippen molar-refractivity contribution in [3.05, 3.63) is 16.1 Å². The summed E-state index contributed by atoms with van der Waals surface area (Å²) in [5.41, 5.74) is 2.33. The number of carbonyl (C=O) groups is 2. The van der Waals surface area contributed by atoms with Crippen LogP contribution in [0.25, 0.3) is 0 Å². The summed E-state index contributed by atoms with van der Waals surface area (Å²) in [6, 6.07) is -0.816. The van der Waals surface area contributed by atoms with E-state index in [1.165, 1.54) is 11.3 Å². The van der Waals surface area contributed by atoms with Gasteiger partial charge in [-0.25, -0.2) is 9.78 Å². The minimum absolute atomic E-state index is 0.335. The van der Waals surface area contributed by atoms with E-state index in [1.807, 2.05) is 13.8 Å². The Balaban J connectivity index is 2.69. The number of hydrogen-bond donors (Lipinski definition) is 2. The average molecular weight is 270 g/mol. The molecule has 1 amide bonds. The summed E-state index contributed by atoms with van der Waals surface area (Å²) >= 11 is 1.24. The highest BCUT2D eigenvalue weighted by atomic mass is 32.1. The van der Waals surface area contributed by atoms with Gasteiger partial charge in [-0.15, -0.1) is 11.3 Å². The molecule has 0 fully saturated rings. The van der Waals surface area contributed by atoms with E-state index in [0.717, 1.165) is 18.5 Å². The molecule has 1 atom stereocenters. The second kappa shape index (κ2) is 7.10. The van der Waals surface area contributed by atoms with Gasteiger partial charge < -0.3 is 10.4 Å². The number of aromatic nitrogens is 1. The molecule has 2 N–H and O–H groups in total. The number of aliphatic carboxylic acids is 1. The zero-order valence-electron chi connectivity index (χ0n) is 10.6. The minimum atomic E-state index is -0.987. The van der Waals surface area contributed by atoms with E-state index in [9.17, 15) is 9.59 Å². The molecule has 0 unspecified atom stereocenters. The first kappa shape index (κ1) is 14.6. The monoisotopic (exact) mass is 270 g/mol. The van der Waals surface area contributed by atoms with Crippen molar-refractivity contribution in [2.24, 2.45) is 0 Å². The third-order valence-electron chi connectivity index (χ3n) is 2.63. The molecular formula is C12H18N2O3S. The normalized spacial score (nSPS) is 12.1. The van der Waals surface area contributed by atoms with Gasteiger partial charge in [-0.05, 0) is 12.8 Å². The fourth-order valence-corrected chi connectivity index (χ4v) is 2.38. The lowest BCUT2D eigenvalue weighted by atomic mass is 10.1. The molecule has 1 rings (SSSR count). The van der Waals surface area contributed by atoms with E-state index in [4.69, 9.17) is 5.11 Å². The van der Waals surface area contributed by atoms with Gasteiger partial charge in [-0.3, -0.25) is 4.79 Å². The van der Waals surface area contributed by atoms with Gasteiger partial charge in [0.25, 0.3) is 5.91 Å². The predicted octanol–water partition coefficient (Wildman–Crippen LogP) is 2.08. The van der Waals surface area contributed by atoms with E-state index in [-0.39, 0.29) is 5.91 Å². The van der Waals surface area contributed by atoms with Crippen molar-refractivity contribution in [3.8, 4) is 0 Å². The van der Waals surface area contributed by atoms with E-state index >= 15 is 0 Å². The number of unbranched alkanes of at least 4 members (excludes halogenated alkanes) is 1. The standard InChI is InChI=1S/C12H18N2O3S/c1-3-5-6-9(12(16)17)14-11(15)10-8(4-2)13-7-18-10/h7,9H,3-6H2,1-2H3,(H,14,15)(H,16,17)/t9-/m0/s1. The zero-order valence-corrected chi connectivity index (χ0v) is 11.4. The molecule has 0 spiro atoms. The maximum atomic E-state index is 12.0. The van der Waals surface area contributed by atoms with Crippen molar-refractivity contribution in [3.63, 3.8) is 0 Å². The van der Waals surface area contributed by atoms with Gasteiger partial charge in [0, 0.05) is 0 Å². The summed E-state index contributed by atoms with van der Waals surface area (Å²) in [6.45, 7) is 3.90. The third kappa shape index (κ3) is 3.80. The molecule has 1 heterocycles. The van der Waals surface area contributed by atoms with Crippen molar-refractivity contribution in [1.82, 2.24) is 10.3 Å². The Labute approximate surface area is 110 Å². The molecule has 0 aliphatic rings. The molecule has 5 nitrogen and oxygen atoms in total. The molecule has 6 heteroatoms. The summed E-state index contributed by atoms with van der Waals surface area (Å²) in [5, 5.41) is 11.6. The van der Waals surface area contributed by atoms with Crippen LogP contribution in [0, 0.1) is 0 Å². The molecule has 0 aliphatic heterocycles. The maximum Gasteiger partial charge on any atom is 0.326 e. The Morgan fingerprint density at radius 3 is 2.78 bits per heavy atom. The number of aryl methyl sites for hydroxylation is 1. The number of hydrogen-bond acceptors (Lipinski definition) is 4. The summed E-state index contributed by atoms with van der Waals surface area (Å²) in [7, 11) is 0. The van der Waals surface area contributed by atoms with E-state index in [2.05, 4.69) is 10.3 Å². The first-order valence-electron chi connectivity index (χ1n) is 6.06. The summed E-state index contributed by atoms with van der Waals surface area (Å²) in [6.07, 6.45) is 2.80. The van der Waals surface area contributed by atoms with Gasteiger partial charge in [-0.1, -0.05) is 26.7 Å². The van der Waals surface area contributed by atoms with Crippen LogP contribution in [0.3, 0.4) is 0 Å². The van der Waals surface area contributed by atoms with Gasteiger partial charge in [-0.2, -0.15) is 0 Å². The lowest BCUT2D eigenvalue weighted by Gasteiger charge is -2.13. The molecule has 0 bridgehead atoms. The Kier molecular flexibility index (Phi) is 5.77. The molecule has 100 valence electrons. The van der Waals surface area contributed by atoms with Crippen LogP contribution in [-0.4, -0.2) is 28.0 Å². The minimum Gasteiger partial charge on any atom is -0.480 e. The Morgan fingerprint density at radius 2 is 2.22 bits per heavy atom. The SMILES string of the molecule is CCCC[C@H](NC(=O)c1scnc1CC)C(=O)O.